The lowest BCUT2D eigenvalue weighted by Gasteiger charge is -2.10. The van der Waals surface area contributed by atoms with Gasteiger partial charge in [-0.2, -0.15) is 4.98 Å². The van der Waals surface area contributed by atoms with Crippen LogP contribution in [-0.2, 0) is 11.8 Å². The van der Waals surface area contributed by atoms with Gasteiger partial charge in [-0.25, -0.2) is 4.98 Å². The van der Waals surface area contributed by atoms with Gasteiger partial charge in [-0.1, -0.05) is 0 Å². The van der Waals surface area contributed by atoms with Gasteiger partial charge in [0.1, 0.15) is 29.1 Å². The molecule has 0 bridgehead atoms. The molecular weight excluding hydrogens is 298 g/mol. The third-order valence-electron chi connectivity index (χ3n) is 3.19. The maximum Gasteiger partial charge on any atom is 0.308 e. The Morgan fingerprint density at radius 2 is 1.87 bits per heavy atom. The Kier molecular flexibility index (Phi) is 3.84. The summed E-state index contributed by atoms with van der Waals surface area (Å²) in [6.45, 7) is 1.33. The molecule has 2 heterocycles. The number of fused-ring (bicyclic) bond motifs is 1. The number of aromatic nitrogens is 3. The van der Waals surface area contributed by atoms with Gasteiger partial charge < -0.3 is 18.8 Å². The predicted molar refractivity (Wildman–Crippen MR) is 82.9 cm³/mol. The molecule has 0 aliphatic carbocycles. The van der Waals surface area contributed by atoms with Crippen LogP contribution in [0.25, 0.3) is 11.0 Å². The summed E-state index contributed by atoms with van der Waals surface area (Å²) in [7, 11) is 3.41. The Balaban J connectivity index is 2.01. The molecule has 1 aromatic carbocycles. The Labute approximate surface area is 132 Å². The van der Waals surface area contributed by atoms with Crippen molar-refractivity contribution in [2.75, 3.05) is 7.11 Å². The SMILES string of the molecule is COc1cc(OC(C)=O)cc(Oc2ncnc3ccn(C)c23)c1. The number of aryl methyl sites for hydroxylation is 1. The van der Waals surface area contributed by atoms with Gasteiger partial charge in [0, 0.05) is 38.4 Å². The molecule has 0 saturated heterocycles. The van der Waals surface area contributed by atoms with Crippen molar-refractivity contribution < 1.29 is 19.0 Å². The first-order valence-corrected chi connectivity index (χ1v) is 6.88. The lowest BCUT2D eigenvalue weighted by atomic mass is 10.3. The van der Waals surface area contributed by atoms with E-state index in [2.05, 4.69) is 9.97 Å². The lowest BCUT2D eigenvalue weighted by Crippen LogP contribution is -2.02. The number of rotatable bonds is 4. The minimum absolute atomic E-state index is 0.337. The second-order valence-corrected chi connectivity index (χ2v) is 4.88. The highest BCUT2D eigenvalue weighted by Crippen LogP contribution is 2.32. The minimum atomic E-state index is -0.420. The first-order valence-electron chi connectivity index (χ1n) is 6.88. The van der Waals surface area contributed by atoms with Crippen LogP contribution in [0, 0.1) is 0 Å². The van der Waals surface area contributed by atoms with Crippen molar-refractivity contribution in [2.45, 2.75) is 6.92 Å². The van der Waals surface area contributed by atoms with Crippen LogP contribution in [-0.4, -0.2) is 27.6 Å². The lowest BCUT2D eigenvalue weighted by molar-refractivity contribution is -0.131. The van der Waals surface area contributed by atoms with Crippen LogP contribution in [0.2, 0.25) is 0 Å². The molecule has 0 amide bonds. The fourth-order valence-corrected chi connectivity index (χ4v) is 2.22. The molecule has 3 aromatic rings. The molecule has 23 heavy (non-hydrogen) atoms. The van der Waals surface area contributed by atoms with Crippen LogP contribution < -0.4 is 14.2 Å². The molecule has 118 valence electrons. The Bertz CT molecular complexity index is 873. The van der Waals surface area contributed by atoms with Crippen LogP contribution in [0.5, 0.6) is 23.1 Å². The third-order valence-corrected chi connectivity index (χ3v) is 3.19. The quantitative estimate of drug-likeness (QED) is 0.544. The number of hydrogen-bond acceptors (Lipinski definition) is 6. The second kappa shape index (κ2) is 5.96. The zero-order valence-corrected chi connectivity index (χ0v) is 12.9. The first-order chi connectivity index (χ1) is 11.1. The minimum Gasteiger partial charge on any atom is -0.496 e. The topological polar surface area (TPSA) is 75.5 Å². The smallest absolute Gasteiger partial charge is 0.308 e. The van der Waals surface area contributed by atoms with Gasteiger partial charge >= 0.3 is 5.97 Å². The number of ether oxygens (including phenoxy) is 3. The zero-order valence-electron chi connectivity index (χ0n) is 12.9. The van der Waals surface area contributed by atoms with E-state index in [4.69, 9.17) is 14.2 Å². The Hall–Kier alpha value is -3.09. The fraction of sp³-hybridized carbons (Fsp3) is 0.188. The third kappa shape index (κ3) is 3.08. The van der Waals surface area contributed by atoms with Crippen molar-refractivity contribution in [3.8, 4) is 23.1 Å². The monoisotopic (exact) mass is 313 g/mol. The van der Waals surface area contributed by atoms with Crippen LogP contribution in [0.3, 0.4) is 0 Å². The molecule has 0 fully saturated rings. The summed E-state index contributed by atoms with van der Waals surface area (Å²) in [5, 5.41) is 0. The molecule has 0 radical (unpaired) electrons. The van der Waals surface area contributed by atoms with E-state index in [1.54, 1.807) is 18.2 Å². The molecule has 0 N–H and O–H groups in total. The summed E-state index contributed by atoms with van der Waals surface area (Å²) < 4.78 is 18.0. The average molecular weight is 313 g/mol. The summed E-state index contributed by atoms with van der Waals surface area (Å²) in [5.41, 5.74) is 1.55. The summed E-state index contributed by atoms with van der Waals surface area (Å²) in [5.74, 6) is 1.28. The number of carbonyl (C=O) groups excluding carboxylic acids is 1. The molecule has 7 heteroatoms. The van der Waals surface area contributed by atoms with Gasteiger partial charge in [0.25, 0.3) is 0 Å². The summed E-state index contributed by atoms with van der Waals surface area (Å²) in [4.78, 5) is 19.5. The van der Waals surface area contributed by atoms with Crippen molar-refractivity contribution in [3.05, 3.63) is 36.8 Å². The number of esters is 1. The first kappa shape index (κ1) is 14.8. The van der Waals surface area contributed by atoms with Crippen LogP contribution in [0.1, 0.15) is 6.92 Å². The van der Waals surface area contributed by atoms with Crippen molar-refractivity contribution in [1.29, 1.82) is 0 Å². The molecule has 0 atom stereocenters. The van der Waals surface area contributed by atoms with Crippen LogP contribution >= 0.6 is 0 Å². The number of methoxy groups -OCH3 is 1. The molecule has 0 aliphatic heterocycles. The maximum atomic E-state index is 11.1. The molecule has 0 spiro atoms. The highest BCUT2D eigenvalue weighted by Gasteiger charge is 2.12. The predicted octanol–water partition coefficient (Wildman–Crippen LogP) is 2.69. The Morgan fingerprint density at radius 1 is 1.13 bits per heavy atom. The van der Waals surface area contributed by atoms with E-state index in [9.17, 15) is 4.79 Å². The number of hydrogen-bond donors (Lipinski definition) is 0. The van der Waals surface area contributed by atoms with Crippen molar-refractivity contribution in [3.63, 3.8) is 0 Å². The molecule has 0 saturated carbocycles. The number of benzene rings is 1. The van der Waals surface area contributed by atoms with Crippen molar-refractivity contribution in [2.24, 2.45) is 7.05 Å². The van der Waals surface area contributed by atoms with Crippen LogP contribution in [0.15, 0.2) is 36.8 Å². The van der Waals surface area contributed by atoms with Crippen molar-refractivity contribution in [1.82, 2.24) is 14.5 Å². The van der Waals surface area contributed by atoms with Crippen molar-refractivity contribution >= 4 is 17.0 Å². The molecule has 0 unspecified atom stereocenters. The zero-order chi connectivity index (χ0) is 16.4. The Morgan fingerprint density at radius 3 is 2.61 bits per heavy atom. The molecular formula is C16H15N3O4. The molecule has 2 aromatic heterocycles. The van der Waals surface area contributed by atoms with E-state index >= 15 is 0 Å². The number of nitrogens with zero attached hydrogens (tertiary/aromatic N) is 3. The van der Waals surface area contributed by atoms with Gasteiger partial charge in [-0.3, -0.25) is 4.79 Å². The van der Waals surface area contributed by atoms with E-state index in [1.165, 1.54) is 20.4 Å². The van der Waals surface area contributed by atoms with Gasteiger partial charge in [0.15, 0.2) is 0 Å². The average Bonchev–Trinajstić information content (AvgIpc) is 2.89. The molecule has 3 rings (SSSR count). The van der Waals surface area contributed by atoms with Gasteiger partial charge in [0.2, 0.25) is 5.88 Å². The molecule has 0 aliphatic rings. The fourth-order valence-electron chi connectivity index (χ4n) is 2.22. The van der Waals surface area contributed by atoms with Gasteiger partial charge in [-0.15, -0.1) is 0 Å². The largest absolute Gasteiger partial charge is 0.496 e. The van der Waals surface area contributed by atoms with Gasteiger partial charge in [-0.05, 0) is 6.07 Å². The van der Waals surface area contributed by atoms with E-state index in [0.29, 0.717) is 23.1 Å². The second-order valence-electron chi connectivity index (χ2n) is 4.88. The van der Waals surface area contributed by atoms with E-state index in [0.717, 1.165) is 11.0 Å². The highest BCUT2D eigenvalue weighted by atomic mass is 16.5. The van der Waals surface area contributed by atoms with Crippen LogP contribution in [0.4, 0.5) is 0 Å². The highest BCUT2D eigenvalue weighted by molar-refractivity contribution is 5.80. The number of carbonyl (C=O) groups is 1. The standard InChI is InChI=1S/C16H15N3O4/c1-10(20)22-12-6-11(21-3)7-13(8-12)23-16-15-14(17-9-18-16)4-5-19(15)2/h4-9H,1-3H3. The maximum absolute atomic E-state index is 11.1. The normalized spacial score (nSPS) is 10.6. The summed E-state index contributed by atoms with van der Waals surface area (Å²) in [6.07, 6.45) is 3.31. The van der Waals surface area contributed by atoms with E-state index in [-0.39, 0.29) is 0 Å². The molecule has 7 nitrogen and oxygen atoms in total. The summed E-state index contributed by atoms with van der Waals surface area (Å²) >= 11 is 0. The summed E-state index contributed by atoms with van der Waals surface area (Å²) in [6, 6.07) is 6.76. The van der Waals surface area contributed by atoms with E-state index in [1.807, 2.05) is 23.9 Å². The van der Waals surface area contributed by atoms with Gasteiger partial charge in [0.05, 0.1) is 12.6 Å². The van der Waals surface area contributed by atoms with E-state index < -0.39 is 5.97 Å².